The quantitative estimate of drug-likeness (QED) is 0.421. The molecule has 7 heteroatoms. The molecule has 0 spiro atoms. The number of aliphatic hydroxyl groups excluding tert-OH is 1. The van der Waals surface area contributed by atoms with Gasteiger partial charge in [-0.2, -0.15) is 0 Å². The number of hydrogen-bond acceptors (Lipinski definition) is 6. The van der Waals surface area contributed by atoms with Gasteiger partial charge in [-0.3, -0.25) is 0 Å². The fraction of sp³-hybridized carbons (Fsp3) is 0.500. The van der Waals surface area contributed by atoms with E-state index in [1.54, 1.807) is 6.07 Å². The van der Waals surface area contributed by atoms with Crippen molar-refractivity contribution in [1.29, 1.82) is 0 Å². The summed E-state index contributed by atoms with van der Waals surface area (Å²) in [7, 11) is 1.51. The van der Waals surface area contributed by atoms with E-state index in [0.717, 1.165) is 18.7 Å². The number of ether oxygens (including phenoxy) is 2. The van der Waals surface area contributed by atoms with Crippen molar-refractivity contribution in [2.45, 2.75) is 6.54 Å². The van der Waals surface area contributed by atoms with Crippen LogP contribution in [0.15, 0.2) is 18.2 Å². The second kappa shape index (κ2) is 9.98. The molecule has 0 aliphatic heterocycles. The van der Waals surface area contributed by atoms with E-state index >= 15 is 0 Å². The number of aliphatic carboxylic acids is 1. The molecule has 118 valence electrons. The van der Waals surface area contributed by atoms with Gasteiger partial charge in [0.05, 0.1) is 13.7 Å². The number of carboxylic acid groups (broad SMARTS) is 1. The van der Waals surface area contributed by atoms with Crippen LogP contribution in [0, 0.1) is 0 Å². The molecule has 0 aliphatic rings. The summed E-state index contributed by atoms with van der Waals surface area (Å²) in [6.07, 6.45) is 0. The fourth-order valence-corrected chi connectivity index (χ4v) is 1.69. The van der Waals surface area contributed by atoms with Crippen molar-refractivity contribution in [3.8, 4) is 11.5 Å². The maximum atomic E-state index is 10.5. The predicted octanol–water partition coefficient (Wildman–Crippen LogP) is -0.170. The van der Waals surface area contributed by atoms with Gasteiger partial charge in [-0.15, -0.1) is 0 Å². The molecule has 0 saturated heterocycles. The van der Waals surface area contributed by atoms with Gasteiger partial charge in [0.15, 0.2) is 18.1 Å². The van der Waals surface area contributed by atoms with Gasteiger partial charge in [0.2, 0.25) is 0 Å². The van der Waals surface area contributed by atoms with Crippen molar-refractivity contribution in [3.05, 3.63) is 23.8 Å². The first-order valence-corrected chi connectivity index (χ1v) is 6.71. The standard InChI is InChI=1S/C14H22N2O5/c1-20-13-8-11(9-16-5-4-15-6-7-17)2-3-12(13)21-10-14(18)19/h2-3,8,15-17H,4-7,9-10H2,1H3,(H,18,19). The summed E-state index contributed by atoms with van der Waals surface area (Å²) in [5, 5.41) is 23.5. The van der Waals surface area contributed by atoms with E-state index in [9.17, 15) is 4.79 Å². The molecule has 1 aromatic rings. The minimum absolute atomic E-state index is 0.134. The molecule has 0 atom stereocenters. The first kappa shape index (κ1) is 17.2. The third-order valence-corrected chi connectivity index (χ3v) is 2.68. The molecule has 0 amide bonds. The van der Waals surface area contributed by atoms with Gasteiger partial charge in [-0.1, -0.05) is 6.07 Å². The molecule has 0 aromatic heterocycles. The van der Waals surface area contributed by atoms with E-state index < -0.39 is 12.6 Å². The molecule has 0 radical (unpaired) electrons. The summed E-state index contributed by atoms with van der Waals surface area (Å²) in [5.74, 6) is -0.111. The molecule has 0 unspecified atom stereocenters. The van der Waals surface area contributed by atoms with Crippen molar-refractivity contribution in [3.63, 3.8) is 0 Å². The van der Waals surface area contributed by atoms with Crippen LogP contribution < -0.4 is 20.1 Å². The lowest BCUT2D eigenvalue weighted by Crippen LogP contribution is -2.28. The lowest BCUT2D eigenvalue weighted by molar-refractivity contribution is -0.139. The number of carboxylic acids is 1. The zero-order valence-corrected chi connectivity index (χ0v) is 12.1. The Morgan fingerprint density at radius 3 is 2.62 bits per heavy atom. The molecule has 7 nitrogen and oxygen atoms in total. The zero-order valence-electron chi connectivity index (χ0n) is 12.1. The number of nitrogens with one attached hydrogen (secondary N) is 2. The maximum Gasteiger partial charge on any atom is 0.341 e. The SMILES string of the molecule is COc1cc(CNCCNCCO)ccc1OCC(=O)O. The van der Waals surface area contributed by atoms with Crippen molar-refractivity contribution in [1.82, 2.24) is 10.6 Å². The molecular weight excluding hydrogens is 276 g/mol. The van der Waals surface area contributed by atoms with Gasteiger partial charge < -0.3 is 30.3 Å². The summed E-state index contributed by atoms with van der Waals surface area (Å²) in [6.45, 7) is 2.54. The Morgan fingerprint density at radius 1 is 1.19 bits per heavy atom. The first-order chi connectivity index (χ1) is 10.2. The summed E-state index contributed by atoms with van der Waals surface area (Å²) >= 11 is 0. The predicted molar refractivity (Wildman–Crippen MR) is 77.8 cm³/mol. The highest BCUT2D eigenvalue weighted by atomic mass is 16.5. The number of benzene rings is 1. The maximum absolute atomic E-state index is 10.5. The summed E-state index contributed by atoms with van der Waals surface area (Å²) in [5.41, 5.74) is 1.01. The molecule has 0 saturated carbocycles. The van der Waals surface area contributed by atoms with E-state index in [2.05, 4.69) is 10.6 Å². The molecule has 1 aromatic carbocycles. The van der Waals surface area contributed by atoms with Gasteiger partial charge in [-0.05, 0) is 17.7 Å². The van der Waals surface area contributed by atoms with Crippen LogP contribution in [-0.4, -0.2) is 56.1 Å². The Hall–Kier alpha value is -1.83. The molecule has 1 rings (SSSR count). The smallest absolute Gasteiger partial charge is 0.341 e. The molecular formula is C14H22N2O5. The van der Waals surface area contributed by atoms with Crippen LogP contribution in [0.4, 0.5) is 0 Å². The van der Waals surface area contributed by atoms with Crippen LogP contribution in [-0.2, 0) is 11.3 Å². The number of rotatable bonds is 11. The van der Waals surface area contributed by atoms with Crippen LogP contribution >= 0.6 is 0 Å². The third kappa shape index (κ3) is 6.94. The normalized spacial score (nSPS) is 10.4. The average molecular weight is 298 g/mol. The lowest BCUT2D eigenvalue weighted by Gasteiger charge is -2.11. The topological polar surface area (TPSA) is 100 Å². The summed E-state index contributed by atoms with van der Waals surface area (Å²) in [6, 6.07) is 5.36. The summed E-state index contributed by atoms with van der Waals surface area (Å²) in [4.78, 5) is 10.5. The Labute approximate surface area is 123 Å². The lowest BCUT2D eigenvalue weighted by atomic mass is 10.2. The molecule has 0 bridgehead atoms. The van der Waals surface area contributed by atoms with Gasteiger partial charge >= 0.3 is 5.97 Å². The largest absolute Gasteiger partial charge is 0.493 e. The highest BCUT2D eigenvalue weighted by Gasteiger charge is 2.07. The number of hydrogen-bond donors (Lipinski definition) is 4. The Kier molecular flexibility index (Phi) is 8.18. The van der Waals surface area contributed by atoms with E-state index in [1.165, 1.54) is 7.11 Å². The van der Waals surface area contributed by atoms with Gasteiger partial charge in [0.1, 0.15) is 0 Å². The zero-order chi connectivity index (χ0) is 15.5. The van der Waals surface area contributed by atoms with Crippen LogP contribution in [0.1, 0.15) is 5.56 Å². The number of carbonyl (C=O) groups is 1. The molecule has 4 N–H and O–H groups in total. The van der Waals surface area contributed by atoms with Crippen molar-refractivity contribution in [2.75, 3.05) is 40.0 Å². The molecule has 0 fully saturated rings. The fourth-order valence-electron chi connectivity index (χ4n) is 1.69. The minimum atomic E-state index is -1.03. The van der Waals surface area contributed by atoms with Crippen LogP contribution in [0.2, 0.25) is 0 Å². The molecule has 0 aliphatic carbocycles. The second-order valence-corrected chi connectivity index (χ2v) is 4.32. The van der Waals surface area contributed by atoms with Crippen LogP contribution in [0.25, 0.3) is 0 Å². The van der Waals surface area contributed by atoms with E-state index in [1.807, 2.05) is 12.1 Å². The van der Waals surface area contributed by atoms with Gasteiger partial charge in [0, 0.05) is 26.2 Å². The van der Waals surface area contributed by atoms with Crippen molar-refractivity contribution < 1.29 is 24.5 Å². The monoisotopic (exact) mass is 298 g/mol. The summed E-state index contributed by atoms with van der Waals surface area (Å²) < 4.78 is 10.3. The van der Waals surface area contributed by atoms with Gasteiger partial charge in [0.25, 0.3) is 0 Å². The highest BCUT2D eigenvalue weighted by Crippen LogP contribution is 2.27. The van der Waals surface area contributed by atoms with Gasteiger partial charge in [-0.25, -0.2) is 4.79 Å². The number of aliphatic hydroxyl groups is 1. The van der Waals surface area contributed by atoms with Crippen LogP contribution in [0.5, 0.6) is 11.5 Å². The second-order valence-electron chi connectivity index (χ2n) is 4.32. The average Bonchev–Trinajstić information content (AvgIpc) is 2.49. The van der Waals surface area contributed by atoms with Crippen molar-refractivity contribution in [2.24, 2.45) is 0 Å². The molecule has 21 heavy (non-hydrogen) atoms. The Morgan fingerprint density at radius 2 is 1.95 bits per heavy atom. The highest BCUT2D eigenvalue weighted by molar-refractivity contribution is 5.68. The van der Waals surface area contributed by atoms with E-state index in [-0.39, 0.29) is 6.61 Å². The van der Waals surface area contributed by atoms with E-state index in [4.69, 9.17) is 19.7 Å². The molecule has 0 heterocycles. The Bertz CT molecular complexity index is 439. The minimum Gasteiger partial charge on any atom is -0.493 e. The Balaban J connectivity index is 2.43. The van der Waals surface area contributed by atoms with Crippen molar-refractivity contribution >= 4 is 5.97 Å². The van der Waals surface area contributed by atoms with Crippen LogP contribution in [0.3, 0.4) is 0 Å². The third-order valence-electron chi connectivity index (χ3n) is 2.68. The number of methoxy groups -OCH3 is 1. The van der Waals surface area contributed by atoms with E-state index in [0.29, 0.717) is 24.6 Å². The first-order valence-electron chi connectivity index (χ1n) is 6.71.